The molecule has 0 spiro atoms. The van der Waals surface area contributed by atoms with Crippen LogP contribution < -0.4 is 5.32 Å². The fraction of sp³-hybridized carbons (Fsp3) is 0.308. The van der Waals surface area contributed by atoms with Crippen molar-refractivity contribution in [3.8, 4) is 11.4 Å². The summed E-state index contributed by atoms with van der Waals surface area (Å²) >= 11 is 5.99. The van der Waals surface area contributed by atoms with Crippen LogP contribution in [0.5, 0.6) is 0 Å². The molecular weight excluding hydrogens is 269 g/mol. The molecule has 0 saturated carbocycles. The molecule has 6 heteroatoms. The Morgan fingerprint density at radius 3 is 3.05 bits per heavy atom. The second-order valence-corrected chi connectivity index (χ2v) is 4.46. The zero-order chi connectivity index (χ0) is 13.7. The number of methoxy groups -OCH3 is 1. The number of imidazole rings is 1. The number of H-pyrrole nitrogens is 1. The highest BCUT2D eigenvalue weighted by atomic mass is 35.5. The van der Waals surface area contributed by atoms with Crippen LogP contribution >= 0.6 is 11.6 Å². The summed E-state index contributed by atoms with van der Waals surface area (Å²) in [5.74, 6) is 0.273. The average Bonchev–Trinajstić information content (AvgIpc) is 2.83. The highest BCUT2D eigenvalue weighted by Gasteiger charge is 2.08. The van der Waals surface area contributed by atoms with Gasteiger partial charge in [-0.2, -0.15) is 0 Å². The molecule has 0 aliphatic carbocycles. The summed E-state index contributed by atoms with van der Waals surface area (Å²) in [5, 5.41) is 3.54. The zero-order valence-electron chi connectivity index (χ0n) is 10.5. The van der Waals surface area contributed by atoms with E-state index in [0.29, 0.717) is 29.6 Å². The molecule has 2 rings (SSSR count). The van der Waals surface area contributed by atoms with Crippen molar-refractivity contribution in [3.05, 3.63) is 40.9 Å². The zero-order valence-corrected chi connectivity index (χ0v) is 11.3. The second kappa shape index (κ2) is 6.65. The van der Waals surface area contributed by atoms with Crippen LogP contribution in [0.2, 0.25) is 5.02 Å². The topological polar surface area (TPSA) is 49.9 Å². The van der Waals surface area contributed by atoms with Crippen molar-refractivity contribution in [2.24, 2.45) is 0 Å². The molecule has 2 N–H and O–H groups in total. The van der Waals surface area contributed by atoms with Gasteiger partial charge in [0.1, 0.15) is 11.6 Å². The number of aromatic amines is 1. The van der Waals surface area contributed by atoms with Crippen molar-refractivity contribution < 1.29 is 9.13 Å². The molecule has 0 fully saturated rings. The monoisotopic (exact) mass is 283 g/mol. The van der Waals surface area contributed by atoms with Crippen molar-refractivity contribution in [1.29, 1.82) is 0 Å². The minimum Gasteiger partial charge on any atom is -0.383 e. The van der Waals surface area contributed by atoms with E-state index < -0.39 is 0 Å². The van der Waals surface area contributed by atoms with Crippen LogP contribution in [0.1, 0.15) is 5.69 Å². The van der Waals surface area contributed by atoms with Gasteiger partial charge in [-0.3, -0.25) is 0 Å². The van der Waals surface area contributed by atoms with Crippen LogP contribution in [-0.2, 0) is 11.3 Å². The minimum absolute atomic E-state index is 0.341. The number of aromatic nitrogens is 2. The van der Waals surface area contributed by atoms with E-state index in [-0.39, 0.29) is 5.82 Å². The Labute approximate surface area is 116 Å². The molecule has 0 saturated heterocycles. The summed E-state index contributed by atoms with van der Waals surface area (Å²) in [4.78, 5) is 7.39. The van der Waals surface area contributed by atoms with Crippen molar-refractivity contribution in [2.75, 3.05) is 20.3 Å². The molecule has 0 bridgehead atoms. The molecule has 19 heavy (non-hydrogen) atoms. The number of nitrogens with zero attached hydrogens (tertiary/aromatic N) is 1. The van der Waals surface area contributed by atoms with Gasteiger partial charge in [-0.1, -0.05) is 11.6 Å². The molecule has 0 atom stereocenters. The maximum absolute atomic E-state index is 13.0. The van der Waals surface area contributed by atoms with E-state index >= 15 is 0 Å². The van der Waals surface area contributed by atoms with Crippen LogP contribution in [0, 0.1) is 5.82 Å². The van der Waals surface area contributed by atoms with Crippen molar-refractivity contribution in [2.45, 2.75) is 6.54 Å². The maximum atomic E-state index is 13.0. The molecule has 0 amide bonds. The Bertz CT molecular complexity index is 544. The molecule has 0 aliphatic heterocycles. The number of rotatable bonds is 6. The van der Waals surface area contributed by atoms with E-state index in [9.17, 15) is 4.39 Å². The van der Waals surface area contributed by atoms with Crippen molar-refractivity contribution in [3.63, 3.8) is 0 Å². The van der Waals surface area contributed by atoms with Gasteiger partial charge in [0, 0.05) is 37.7 Å². The Kier molecular flexibility index (Phi) is 4.90. The van der Waals surface area contributed by atoms with Gasteiger partial charge in [-0.15, -0.1) is 0 Å². The molecule has 1 heterocycles. The normalized spacial score (nSPS) is 10.9. The lowest BCUT2D eigenvalue weighted by atomic mass is 10.2. The number of hydrogen-bond acceptors (Lipinski definition) is 3. The van der Waals surface area contributed by atoms with Gasteiger partial charge in [0.25, 0.3) is 0 Å². The van der Waals surface area contributed by atoms with Crippen LogP contribution in [0.4, 0.5) is 4.39 Å². The van der Waals surface area contributed by atoms with Gasteiger partial charge < -0.3 is 15.0 Å². The largest absolute Gasteiger partial charge is 0.383 e. The lowest BCUT2D eigenvalue weighted by Crippen LogP contribution is -2.18. The number of benzene rings is 1. The van der Waals surface area contributed by atoms with E-state index in [0.717, 1.165) is 12.2 Å². The highest BCUT2D eigenvalue weighted by molar-refractivity contribution is 6.33. The van der Waals surface area contributed by atoms with E-state index in [1.165, 1.54) is 12.1 Å². The molecule has 0 radical (unpaired) electrons. The average molecular weight is 284 g/mol. The molecule has 1 aromatic carbocycles. The predicted octanol–water partition coefficient (Wildman–Crippen LogP) is 2.61. The van der Waals surface area contributed by atoms with Gasteiger partial charge in [-0.05, 0) is 18.2 Å². The predicted molar refractivity (Wildman–Crippen MR) is 72.6 cm³/mol. The van der Waals surface area contributed by atoms with Crippen LogP contribution in [0.25, 0.3) is 11.4 Å². The summed E-state index contributed by atoms with van der Waals surface area (Å²) in [5.41, 5.74) is 1.62. The van der Waals surface area contributed by atoms with Crippen molar-refractivity contribution >= 4 is 11.6 Å². The first-order valence-electron chi connectivity index (χ1n) is 5.89. The first-order valence-corrected chi connectivity index (χ1v) is 6.27. The number of ether oxygens (including phenoxy) is 1. The third-order valence-corrected chi connectivity index (χ3v) is 2.93. The van der Waals surface area contributed by atoms with Gasteiger partial charge in [0.05, 0.1) is 11.6 Å². The number of halogens is 2. The Hall–Kier alpha value is -1.43. The summed E-state index contributed by atoms with van der Waals surface area (Å²) in [6.45, 7) is 2.09. The molecule has 4 nitrogen and oxygen atoms in total. The molecule has 2 aromatic rings. The first-order chi connectivity index (χ1) is 9.20. The van der Waals surface area contributed by atoms with Crippen LogP contribution in [0.3, 0.4) is 0 Å². The fourth-order valence-corrected chi connectivity index (χ4v) is 1.92. The number of hydrogen-bond donors (Lipinski definition) is 2. The summed E-state index contributed by atoms with van der Waals surface area (Å²) in [6.07, 6.45) is 1.73. The van der Waals surface area contributed by atoms with E-state index in [2.05, 4.69) is 15.3 Å². The smallest absolute Gasteiger partial charge is 0.139 e. The Morgan fingerprint density at radius 2 is 2.32 bits per heavy atom. The number of nitrogens with one attached hydrogen (secondary N) is 2. The van der Waals surface area contributed by atoms with Crippen LogP contribution in [0.15, 0.2) is 24.4 Å². The van der Waals surface area contributed by atoms with E-state index in [1.807, 2.05) is 0 Å². The first kappa shape index (κ1) is 14.0. The Morgan fingerprint density at radius 1 is 1.47 bits per heavy atom. The quantitative estimate of drug-likeness (QED) is 0.801. The third kappa shape index (κ3) is 3.76. The van der Waals surface area contributed by atoms with E-state index in [4.69, 9.17) is 16.3 Å². The lowest BCUT2D eigenvalue weighted by molar-refractivity contribution is 0.199. The standard InChI is InChI=1S/C13H15ClFN3O/c1-19-5-4-16-7-10-8-17-13(18-10)11-3-2-9(15)6-12(11)14/h2-3,6,8,16H,4-5,7H2,1H3,(H,17,18). The van der Waals surface area contributed by atoms with Gasteiger partial charge >= 0.3 is 0 Å². The highest BCUT2D eigenvalue weighted by Crippen LogP contribution is 2.26. The molecule has 102 valence electrons. The molecule has 0 aliphatic rings. The molecular formula is C13H15ClFN3O. The molecule has 0 unspecified atom stereocenters. The molecule has 1 aromatic heterocycles. The second-order valence-electron chi connectivity index (χ2n) is 4.05. The summed E-state index contributed by atoms with van der Waals surface area (Å²) in [6, 6.07) is 4.24. The SMILES string of the molecule is COCCNCc1cnc(-c2ccc(F)cc2Cl)[nH]1. The minimum atomic E-state index is -0.359. The fourth-order valence-electron chi connectivity index (χ4n) is 1.66. The van der Waals surface area contributed by atoms with Crippen LogP contribution in [-0.4, -0.2) is 30.2 Å². The van der Waals surface area contributed by atoms with Crippen molar-refractivity contribution in [1.82, 2.24) is 15.3 Å². The van der Waals surface area contributed by atoms with Gasteiger partial charge in [0.2, 0.25) is 0 Å². The van der Waals surface area contributed by atoms with Gasteiger partial charge in [-0.25, -0.2) is 9.37 Å². The third-order valence-electron chi connectivity index (χ3n) is 2.61. The Balaban J connectivity index is 2.04. The lowest BCUT2D eigenvalue weighted by Gasteiger charge is -2.02. The van der Waals surface area contributed by atoms with Gasteiger partial charge in [0.15, 0.2) is 0 Å². The van der Waals surface area contributed by atoms with E-state index in [1.54, 1.807) is 19.4 Å². The summed E-state index contributed by atoms with van der Waals surface area (Å²) in [7, 11) is 1.66. The maximum Gasteiger partial charge on any atom is 0.139 e. The summed E-state index contributed by atoms with van der Waals surface area (Å²) < 4.78 is 17.9.